The second-order valence-corrected chi connectivity index (χ2v) is 5.66. The summed E-state index contributed by atoms with van der Waals surface area (Å²) in [6.07, 6.45) is 3.44. The molecule has 2 N–H and O–H groups in total. The highest BCUT2D eigenvalue weighted by atomic mass is 16.5. The SMILES string of the molecule is CC1CN(C(=O)c2cn(CCN)cn2)CC(C)(C)O1. The summed E-state index contributed by atoms with van der Waals surface area (Å²) in [5.74, 6) is -0.0426. The predicted octanol–water partition coefficient (Wildman–Crippen LogP) is 0.481. The summed E-state index contributed by atoms with van der Waals surface area (Å²) in [6, 6.07) is 0. The van der Waals surface area contributed by atoms with Crippen LogP contribution in [0.4, 0.5) is 0 Å². The largest absolute Gasteiger partial charge is 0.369 e. The maximum atomic E-state index is 12.4. The minimum atomic E-state index is -0.312. The standard InChI is InChI=1S/C13H22N4O2/c1-10-6-17(8-13(2,3)19-10)12(18)11-7-16(5-4-14)9-15-11/h7,9-10H,4-6,8,14H2,1-3H3. The number of nitrogens with two attached hydrogens (primary N) is 1. The minimum absolute atomic E-state index is 0.0406. The van der Waals surface area contributed by atoms with Crippen LogP contribution >= 0.6 is 0 Å². The molecule has 1 atom stereocenters. The zero-order valence-electron chi connectivity index (χ0n) is 11.8. The van der Waals surface area contributed by atoms with Crippen LogP contribution in [0.15, 0.2) is 12.5 Å². The zero-order chi connectivity index (χ0) is 14.0. The number of hydrogen-bond acceptors (Lipinski definition) is 4. The first-order valence-electron chi connectivity index (χ1n) is 6.60. The fourth-order valence-corrected chi connectivity index (χ4v) is 2.51. The normalized spacial score (nSPS) is 22.5. The van der Waals surface area contributed by atoms with Gasteiger partial charge in [0.1, 0.15) is 5.69 Å². The van der Waals surface area contributed by atoms with E-state index in [9.17, 15) is 4.79 Å². The molecule has 0 aliphatic carbocycles. The van der Waals surface area contributed by atoms with E-state index in [2.05, 4.69) is 4.98 Å². The van der Waals surface area contributed by atoms with Gasteiger partial charge in [0.2, 0.25) is 0 Å². The fourth-order valence-electron chi connectivity index (χ4n) is 2.51. The third kappa shape index (κ3) is 3.33. The highest BCUT2D eigenvalue weighted by molar-refractivity contribution is 5.92. The number of ether oxygens (including phenoxy) is 1. The van der Waals surface area contributed by atoms with Gasteiger partial charge in [-0.25, -0.2) is 4.98 Å². The average molecular weight is 266 g/mol. The summed E-state index contributed by atoms with van der Waals surface area (Å²) >= 11 is 0. The molecule has 1 aromatic rings. The molecule has 1 fully saturated rings. The van der Waals surface area contributed by atoms with Crippen LogP contribution in [0.5, 0.6) is 0 Å². The van der Waals surface area contributed by atoms with Gasteiger partial charge in [0.25, 0.3) is 5.91 Å². The Balaban J connectivity index is 2.09. The molecule has 0 aromatic carbocycles. The second-order valence-electron chi connectivity index (χ2n) is 5.66. The van der Waals surface area contributed by atoms with Gasteiger partial charge in [-0.15, -0.1) is 0 Å². The van der Waals surface area contributed by atoms with Gasteiger partial charge in [0.15, 0.2) is 0 Å². The molecule has 2 heterocycles. The van der Waals surface area contributed by atoms with Gasteiger partial charge in [-0.1, -0.05) is 0 Å². The zero-order valence-corrected chi connectivity index (χ0v) is 11.8. The number of hydrogen-bond donors (Lipinski definition) is 1. The Morgan fingerprint density at radius 1 is 1.63 bits per heavy atom. The first kappa shape index (κ1) is 14.0. The van der Waals surface area contributed by atoms with Crippen molar-refractivity contribution < 1.29 is 9.53 Å². The topological polar surface area (TPSA) is 73.4 Å². The van der Waals surface area contributed by atoms with Crippen LogP contribution in [0.1, 0.15) is 31.3 Å². The van der Waals surface area contributed by atoms with E-state index in [1.54, 1.807) is 12.5 Å². The van der Waals surface area contributed by atoms with E-state index in [0.29, 0.717) is 31.9 Å². The number of imidazole rings is 1. The molecule has 2 rings (SSSR count). The van der Waals surface area contributed by atoms with Crippen LogP contribution in [0, 0.1) is 0 Å². The van der Waals surface area contributed by atoms with Gasteiger partial charge >= 0.3 is 0 Å². The van der Waals surface area contributed by atoms with Gasteiger partial charge in [0.05, 0.1) is 18.0 Å². The minimum Gasteiger partial charge on any atom is -0.369 e. The predicted molar refractivity (Wildman–Crippen MR) is 71.8 cm³/mol. The monoisotopic (exact) mass is 266 g/mol. The van der Waals surface area contributed by atoms with E-state index >= 15 is 0 Å². The molecule has 1 unspecified atom stereocenters. The van der Waals surface area contributed by atoms with Crippen LogP contribution in [0.2, 0.25) is 0 Å². The lowest BCUT2D eigenvalue weighted by Gasteiger charge is -2.41. The lowest BCUT2D eigenvalue weighted by molar-refractivity contribution is -0.118. The van der Waals surface area contributed by atoms with Crippen LogP contribution in [-0.4, -0.2) is 51.7 Å². The number of rotatable bonds is 3. The maximum absolute atomic E-state index is 12.4. The van der Waals surface area contributed by atoms with Crippen molar-refractivity contribution in [3.05, 3.63) is 18.2 Å². The first-order valence-corrected chi connectivity index (χ1v) is 6.60. The third-order valence-electron chi connectivity index (χ3n) is 3.10. The van der Waals surface area contributed by atoms with E-state index in [1.807, 2.05) is 30.2 Å². The summed E-state index contributed by atoms with van der Waals surface area (Å²) in [5, 5.41) is 0. The quantitative estimate of drug-likeness (QED) is 0.863. The smallest absolute Gasteiger partial charge is 0.274 e. The molecule has 0 spiro atoms. The Morgan fingerprint density at radius 3 is 3.00 bits per heavy atom. The summed E-state index contributed by atoms with van der Waals surface area (Å²) in [4.78, 5) is 18.4. The molecule has 6 heteroatoms. The fraction of sp³-hybridized carbons (Fsp3) is 0.692. The Labute approximate surface area is 113 Å². The van der Waals surface area contributed by atoms with Crippen molar-refractivity contribution in [2.75, 3.05) is 19.6 Å². The van der Waals surface area contributed by atoms with E-state index in [0.717, 1.165) is 0 Å². The molecule has 1 saturated heterocycles. The van der Waals surface area contributed by atoms with Crippen LogP contribution in [0.25, 0.3) is 0 Å². The number of carbonyl (C=O) groups excluding carboxylic acids is 1. The van der Waals surface area contributed by atoms with Crippen molar-refractivity contribution in [2.24, 2.45) is 5.73 Å². The Hall–Kier alpha value is -1.40. The van der Waals surface area contributed by atoms with Crippen LogP contribution in [-0.2, 0) is 11.3 Å². The lowest BCUT2D eigenvalue weighted by atomic mass is 10.1. The van der Waals surface area contributed by atoms with E-state index in [-0.39, 0.29) is 17.6 Å². The average Bonchev–Trinajstić information content (AvgIpc) is 2.74. The number of aromatic nitrogens is 2. The van der Waals surface area contributed by atoms with Gasteiger partial charge in [0, 0.05) is 32.4 Å². The summed E-state index contributed by atoms with van der Waals surface area (Å²) in [7, 11) is 0. The molecule has 1 aliphatic rings. The molecule has 1 aromatic heterocycles. The number of carbonyl (C=O) groups is 1. The van der Waals surface area contributed by atoms with Gasteiger partial charge in [-0.3, -0.25) is 4.79 Å². The highest BCUT2D eigenvalue weighted by Crippen LogP contribution is 2.21. The molecule has 1 amide bonds. The molecule has 0 bridgehead atoms. The van der Waals surface area contributed by atoms with Crippen molar-refractivity contribution in [1.29, 1.82) is 0 Å². The third-order valence-corrected chi connectivity index (χ3v) is 3.10. The molecule has 0 saturated carbocycles. The molecule has 0 radical (unpaired) electrons. The van der Waals surface area contributed by atoms with Crippen molar-refractivity contribution >= 4 is 5.91 Å². The van der Waals surface area contributed by atoms with E-state index in [4.69, 9.17) is 10.5 Å². The summed E-state index contributed by atoms with van der Waals surface area (Å²) in [5.41, 5.74) is 5.64. The highest BCUT2D eigenvalue weighted by Gasteiger charge is 2.34. The van der Waals surface area contributed by atoms with Crippen LogP contribution < -0.4 is 5.73 Å². The molecule has 6 nitrogen and oxygen atoms in total. The van der Waals surface area contributed by atoms with Gasteiger partial charge < -0.3 is 19.9 Å². The van der Waals surface area contributed by atoms with Crippen molar-refractivity contribution in [3.63, 3.8) is 0 Å². The van der Waals surface area contributed by atoms with Gasteiger partial charge in [-0.2, -0.15) is 0 Å². The van der Waals surface area contributed by atoms with E-state index in [1.165, 1.54) is 0 Å². The molecule has 106 valence electrons. The Bertz CT molecular complexity index is 455. The van der Waals surface area contributed by atoms with Crippen molar-refractivity contribution in [3.8, 4) is 0 Å². The van der Waals surface area contributed by atoms with Crippen molar-refractivity contribution in [1.82, 2.24) is 14.5 Å². The lowest BCUT2D eigenvalue weighted by Crippen LogP contribution is -2.53. The summed E-state index contributed by atoms with van der Waals surface area (Å²) in [6.45, 7) is 8.36. The first-order chi connectivity index (χ1) is 8.91. The van der Waals surface area contributed by atoms with E-state index < -0.39 is 0 Å². The second kappa shape index (κ2) is 5.30. The summed E-state index contributed by atoms with van der Waals surface area (Å²) < 4.78 is 7.63. The maximum Gasteiger partial charge on any atom is 0.274 e. The van der Waals surface area contributed by atoms with Crippen LogP contribution in [0.3, 0.4) is 0 Å². The molecular formula is C13H22N4O2. The Kier molecular flexibility index (Phi) is 3.91. The van der Waals surface area contributed by atoms with Crippen molar-refractivity contribution in [2.45, 2.75) is 39.0 Å². The molecule has 19 heavy (non-hydrogen) atoms. The van der Waals surface area contributed by atoms with Gasteiger partial charge in [-0.05, 0) is 20.8 Å². The molecular weight excluding hydrogens is 244 g/mol. The molecule has 1 aliphatic heterocycles. The number of nitrogens with zero attached hydrogens (tertiary/aromatic N) is 3. The number of morpholine rings is 1. The number of amides is 1. The Morgan fingerprint density at radius 2 is 2.37 bits per heavy atom.